The molecule has 2 saturated carbocycles. The first-order chi connectivity index (χ1) is 14.4. The maximum Gasteiger partial charge on any atom is 0.0577 e. The minimum Gasteiger partial charge on any atom is -0.393 e. The fourth-order valence-electron chi connectivity index (χ4n) is 8.09. The van der Waals surface area contributed by atoms with Crippen molar-refractivity contribution in [1.29, 1.82) is 0 Å². The van der Waals surface area contributed by atoms with Crippen LogP contribution in [0, 0.1) is 34.5 Å². The van der Waals surface area contributed by atoms with E-state index in [4.69, 9.17) is 0 Å². The van der Waals surface area contributed by atoms with E-state index < -0.39 is 0 Å². The summed E-state index contributed by atoms with van der Waals surface area (Å²) in [4.78, 5) is 0. The monoisotopic (exact) mass is 401 g/mol. The normalized spacial score (nSPS) is 42.9. The van der Waals surface area contributed by atoms with E-state index in [1.165, 1.54) is 42.3 Å². The van der Waals surface area contributed by atoms with Crippen LogP contribution in [0.4, 0.5) is 0 Å². The largest absolute Gasteiger partial charge is 0.393 e. The van der Waals surface area contributed by atoms with E-state index in [-0.39, 0.29) is 16.9 Å². The molecule has 4 aliphatic carbocycles. The molecule has 158 valence electrons. The van der Waals surface area contributed by atoms with Gasteiger partial charge in [-0.1, -0.05) is 56.7 Å². The molecule has 0 radical (unpaired) electrons. The lowest BCUT2D eigenvalue weighted by atomic mass is 9.47. The van der Waals surface area contributed by atoms with Gasteiger partial charge in [-0.3, -0.25) is 0 Å². The summed E-state index contributed by atoms with van der Waals surface area (Å²) in [5, 5.41) is 12.1. The van der Waals surface area contributed by atoms with Gasteiger partial charge in [0.05, 0.1) is 11.6 Å². The lowest BCUT2D eigenvalue weighted by Gasteiger charge is -2.58. The van der Waals surface area contributed by atoms with Gasteiger partial charge in [-0.05, 0) is 85.1 Å². The van der Waals surface area contributed by atoms with Crippen LogP contribution in [-0.4, -0.2) is 15.8 Å². The van der Waals surface area contributed by atoms with Gasteiger partial charge in [-0.25, -0.2) is 0 Å². The molecule has 0 saturated heterocycles. The first-order valence-corrected chi connectivity index (χ1v) is 12.1. The molecule has 4 unspecified atom stereocenters. The Bertz CT molecular complexity index is 1060. The number of hydrogen-bond donors (Lipinski definition) is 1. The standard InChI is InChI=1S/C28H35NO/c1-18-16-20-8-9-21-22-10-11-26(29-15-13-19-6-4-5-7-24(19)29)27(22,2)14-12-23(21)28(20,3)17-25(18)30/h4-8,11,13,15,18,21-23,25,30H,9-10,12,14,16-17H2,1-3H3/t18-,21?,22?,23?,25?,27+,28+/m1/s1. The van der Waals surface area contributed by atoms with Gasteiger partial charge in [-0.15, -0.1) is 0 Å². The van der Waals surface area contributed by atoms with Crippen LogP contribution in [0.2, 0.25) is 0 Å². The molecule has 0 spiro atoms. The highest BCUT2D eigenvalue weighted by Crippen LogP contribution is 2.66. The average molecular weight is 402 g/mol. The number of aromatic nitrogens is 1. The highest BCUT2D eigenvalue weighted by molar-refractivity contribution is 5.84. The van der Waals surface area contributed by atoms with Crippen LogP contribution < -0.4 is 0 Å². The first-order valence-electron chi connectivity index (χ1n) is 12.1. The molecule has 2 fully saturated rings. The Hall–Kier alpha value is -1.80. The summed E-state index contributed by atoms with van der Waals surface area (Å²) in [6, 6.07) is 11.0. The molecule has 1 heterocycles. The molecule has 4 aliphatic rings. The number of fused-ring (bicyclic) bond motifs is 6. The van der Waals surface area contributed by atoms with Crippen molar-refractivity contribution in [2.45, 2.75) is 65.4 Å². The van der Waals surface area contributed by atoms with Crippen molar-refractivity contribution in [2.75, 3.05) is 0 Å². The fraction of sp³-hybridized carbons (Fsp3) is 0.571. The highest BCUT2D eigenvalue weighted by atomic mass is 16.3. The van der Waals surface area contributed by atoms with Gasteiger partial charge in [0, 0.05) is 17.3 Å². The molecule has 2 aromatic rings. The van der Waals surface area contributed by atoms with E-state index in [9.17, 15) is 5.11 Å². The molecule has 2 heteroatoms. The zero-order valence-corrected chi connectivity index (χ0v) is 18.6. The number of aliphatic hydroxyl groups is 1. The van der Waals surface area contributed by atoms with E-state index in [2.05, 4.69) is 74.0 Å². The number of allylic oxidation sites excluding steroid dienone is 4. The zero-order chi connectivity index (χ0) is 20.7. The molecule has 1 N–H and O–H groups in total. The topological polar surface area (TPSA) is 25.2 Å². The first kappa shape index (κ1) is 18.9. The second kappa shape index (κ2) is 6.36. The molecule has 6 rings (SSSR count). The summed E-state index contributed by atoms with van der Waals surface area (Å²) in [6.45, 7) is 7.25. The van der Waals surface area contributed by atoms with Crippen molar-refractivity contribution >= 4 is 16.6 Å². The number of aliphatic hydroxyl groups excluding tert-OH is 1. The highest BCUT2D eigenvalue weighted by Gasteiger charge is 2.57. The molecular formula is C28H35NO. The van der Waals surface area contributed by atoms with E-state index in [1.807, 2.05) is 0 Å². The van der Waals surface area contributed by atoms with Gasteiger partial charge in [-0.2, -0.15) is 0 Å². The summed E-state index contributed by atoms with van der Waals surface area (Å²) in [5.74, 6) is 2.61. The zero-order valence-electron chi connectivity index (χ0n) is 18.6. The molecule has 1 aromatic carbocycles. The Labute approximate surface area is 180 Å². The Kier molecular flexibility index (Phi) is 4.01. The molecule has 0 bridgehead atoms. The van der Waals surface area contributed by atoms with Gasteiger partial charge in [0.1, 0.15) is 0 Å². The van der Waals surface area contributed by atoms with Crippen LogP contribution >= 0.6 is 0 Å². The summed E-state index contributed by atoms with van der Waals surface area (Å²) < 4.78 is 2.48. The molecular weight excluding hydrogens is 366 g/mol. The van der Waals surface area contributed by atoms with Crippen molar-refractivity contribution in [3.05, 3.63) is 54.3 Å². The maximum absolute atomic E-state index is 10.7. The van der Waals surface area contributed by atoms with Crippen LogP contribution in [0.15, 0.2) is 54.3 Å². The quantitative estimate of drug-likeness (QED) is 0.531. The number of benzene rings is 1. The predicted octanol–water partition coefficient (Wildman–Crippen LogP) is 6.66. The molecule has 0 aliphatic heterocycles. The summed E-state index contributed by atoms with van der Waals surface area (Å²) >= 11 is 0. The van der Waals surface area contributed by atoms with Crippen molar-refractivity contribution in [3.63, 3.8) is 0 Å². The number of para-hydroxylation sites is 1. The van der Waals surface area contributed by atoms with Gasteiger partial charge in [0.15, 0.2) is 0 Å². The molecule has 7 atom stereocenters. The van der Waals surface area contributed by atoms with Crippen molar-refractivity contribution < 1.29 is 5.11 Å². The summed E-state index contributed by atoms with van der Waals surface area (Å²) in [6.07, 6.45) is 14.4. The van der Waals surface area contributed by atoms with Crippen molar-refractivity contribution in [2.24, 2.45) is 34.5 Å². The second-order valence-electron chi connectivity index (χ2n) is 11.2. The van der Waals surface area contributed by atoms with Crippen molar-refractivity contribution in [3.8, 4) is 0 Å². The minimum atomic E-state index is -0.136. The Morgan fingerprint density at radius 3 is 2.70 bits per heavy atom. The van der Waals surface area contributed by atoms with Crippen LogP contribution in [0.5, 0.6) is 0 Å². The predicted molar refractivity (Wildman–Crippen MR) is 124 cm³/mol. The lowest BCUT2D eigenvalue weighted by molar-refractivity contribution is -0.0482. The number of nitrogens with zero attached hydrogens (tertiary/aromatic N) is 1. The van der Waals surface area contributed by atoms with E-state index in [0.29, 0.717) is 5.92 Å². The third kappa shape index (κ3) is 2.40. The van der Waals surface area contributed by atoms with E-state index in [1.54, 1.807) is 5.57 Å². The van der Waals surface area contributed by atoms with Crippen LogP contribution in [-0.2, 0) is 0 Å². The van der Waals surface area contributed by atoms with Gasteiger partial charge in [0.25, 0.3) is 0 Å². The number of rotatable bonds is 1. The van der Waals surface area contributed by atoms with Gasteiger partial charge in [0.2, 0.25) is 0 Å². The maximum atomic E-state index is 10.7. The third-order valence-electron chi connectivity index (χ3n) is 9.86. The van der Waals surface area contributed by atoms with Crippen molar-refractivity contribution in [1.82, 2.24) is 4.57 Å². The average Bonchev–Trinajstić information content (AvgIpc) is 3.29. The SMILES string of the molecule is C[C@@H]1CC2=CCC3C(CC[C@]4(C)C(n5ccc6ccccc65)=CCC34)[C@@]2(C)CC1O. The molecule has 1 aromatic heterocycles. The smallest absolute Gasteiger partial charge is 0.0577 e. The molecule has 2 nitrogen and oxygen atoms in total. The lowest BCUT2D eigenvalue weighted by Crippen LogP contribution is -2.51. The Balaban J connectivity index is 1.36. The Morgan fingerprint density at radius 1 is 1.00 bits per heavy atom. The van der Waals surface area contributed by atoms with Crippen LogP contribution in [0.25, 0.3) is 16.6 Å². The third-order valence-corrected chi connectivity index (χ3v) is 9.86. The molecule has 30 heavy (non-hydrogen) atoms. The Morgan fingerprint density at radius 2 is 1.83 bits per heavy atom. The second-order valence-corrected chi connectivity index (χ2v) is 11.2. The molecule has 0 amide bonds. The van der Waals surface area contributed by atoms with Gasteiger partial charge < -0.3 is 9.67 Å². The summed E-state index contributed by atoms with van der Waals surface area (Å²) in [5.41, 5.74) is 5.00. The number of hydrogen-bond acceptors (Lipinski definition) is 1. The minimum absolute atomic E-state index is 0.136. The fourth-order valence-corrected chi connectivity index (χ4v) is 8.09. The van der Waals surface area contributed by atoms with Crippen LogP contribution in [0.3, 0.4) is 0 Å². The summed E-state index contributed by atoms with van der Waals surface area (Å²) in [7, 11) is 0. The van der Waals surface area contributed by atoms with Crippen LogP contribution in [0.1, 0.15) is 59.3 Å². The van der Waals surface area contributed by atoms with E-state index in [0.717, 1.165) is 30.6 Å². The van der Waals surface area contributed by atoms with E-state index >= 15 is 0 Å². The van der Waals surface area contributed by atoms with Gasteiger partial charge >= 0.3 is 0 Å².